The summed E-state index contributed by atoms with van der Waals surface area (Å²) in [5.41, 5.74) is 5.36. The van der Waals surface area contributed by atoms with E-state index >= 15 is 0 Å². The molecule has 1 aromatic carbocycles. The van der Waals surface area contributed by atoms with Gasteiger partial charge in [0.1, 0.15) is 0 Å². The van der Waals surface area contributed by atoms with E-state index in [2.05, 4.69) is 0 Å². The molecule has 0 aromatic heterocycles. The van der Waals surface area contributed by atoms with Crippen LogP contribution in [0.3, 0.4) is 0 Å². The third kappa shape index (κ3) is 2.29. The SMILES string of the molecule is NCC1(c2ccc(C(F)(F)F)cc2)OCCO1. The lowest BCUT2D eigenvalue weighted by Crippen LogP contribution is -2.36. The number of benzene rings is 1. The molecule has 1 heterocycles. The highest BCUT2D eigenvalue weighted by atomic mass is 19.4. The highest BCUT2D eigenvalue weighted by molar-refractivity contribution is 5.28. The molecule has 0 amide bonds. The zero-order valence-corrected chi connectivity index (χ0v) is 8.96. The lowest BCUT2D eigenvalue weighted by molar-refractivity contribution is -0.157. The van der Waals surface area contributed by atoms with E-state index in [9.17, 15) is 13.2 Å². The maximum absolute atomic E-state index is 12.4. The quantitative estimate of drug-likeness (QED) is 0.867. The number of nitrogens with two attached hydrogens (primary N) is 1. The Kier molecular flexibility index (Phi) is 3.11. The van der Waals surface area contributed by atoms with Crippen molar-refractivity contribution in [2.45, 2.75) is 12.0 Å². The minimum Gasteiger partial charge on any atom is -0.342 e. The standard InChI is InChI=1S/C11H12F3NO2/c12-11(13,14)9-3-1-8(2-4-9)10(7-15)16-5-6-17-10/h1-4H,5-7,15H2. The van der Waals surface area contributed by atoms with Gasteiger partial charge in [0.15, 0.2) is 0 Å². The molecule has 1 fully saturated rings. The smallest absolute Gasteiger partial charge is 0.342 e. The Morgan fingerprint density at radius 2 is 1.65 bits per heavy atom. The van der Waals surface area contributed by atoms with E-state index in [0.717, 1.165) is 12.1 Å². The summed E-state index contributed by atoms with van der Waals surface area (Å²) in [4.78, 5) is 0. The Hall–Kier alpha value is -1.11. The molecule has 0 unspecified atom stereocenters. The zero-order chi connectivity index (χ0) is 12.5. The van der Waals surface area contributed by atoms with Gasteiger partial charge in [-0.05, 0) is 12.1 Å². The average molecular weight is 247 g/mol. The van der Waals surface area contributed by atoms with E-state index in [0.29, 0.717) is 18.8 Å². The predicted molar refractivity (Wildman–Crippen MR) is 54.1 cm³/mol. The molecule has 0 spiro atoms. The fraction of sp³-hybridized carbons (Fsp3) is 0.455. The molecule has 0 bridgehead atoms. The lowest BCUT2D eigenvalue weighted by atomic mass is 10.0. The molecule has 0 radical (unpaired) electrons. The van der Waals surface area contributed by atoms with Crippen LogP contribution in [0.2, 0.25) is 0 Å². The van der Waals surface area contributed by atoms with Gasteiger partial charge in [-0.1, -0.05) is 12.1 Å². The number of rotatable bonds is 2. The summed E-state index contributed by atoms with van der Waals surface area (Å²) in [7, 11) is 0. The number of halogens is 3. The summed E-state index contributed by atoms with van der Waals surface area (Å²) in [6.07, 6.45) is -4.34. The van der Waals surface area contributed by atoms with Crippen molar-refractivity contribution >= 4 is 0 Å². The van der Waals surface area contributed by atoms with Gasteiger partial charge >= 0.3 is 6.18 Å². The Labute approximate surface area is 96.3 Å². The molecule has 0 saturated carbocycles. The Balaban J connectivity index is 2.28. The summed E-state index contributed by atoms with van der Waals surface area (Å²) < 4.78 is 47.9. The normalized spacial score (nSPS) is 19.5. The first kappa shape index (κ1) is 12.3. The van der Waals surface area contributed by atoms with Crippen molar-refractivity contribution in [1.82, 2.24) is 0 Å². The third-order valence-corrected chi connectivity index (χ3v) is 2.67. The van der Waals surface area contributed by atoms with Crippen LogP contribution in [0.15, 0.2) is 24.3 Å². The van der Waals surface area contributed by atoms with Gasteiger partial charge < -0.3 is 15.2 Å². The molecule has 0 aliphatic carbocycles. The summed E-state index contributed by atoms with van der Waals surface area (Å²) in [6, 6.07) is 4.66. The Morgan fingerprint density at radius 1 is 1.12 bits per heavy atom. The fourth-order valence-electron chi connectivity index (χ4n) is 1.77. The van der Waals surface area contributed by atoms with Crippen molar-refractivity contribution in [2.24, 2.45) is 5.73 Å². The van der Waals surface area contributed by atoms with Gasteiger partial charge in [0.05, 0.1) is 25.3 Å². The van der Waals surface area contributed by atoms with Crippen molar-refractivity contribution in [1.29, 1.82) is 0 Å². The van der Waals surface area contributed by atoms with E-state index < -0.39 is 17.5 Å². The van der Waals surface area contributed by atoms with Crippen LogP contribution in [0.5, 0.6) is 0 Å². The largest absolute Gasteiger partial charge is 0.416 e. The van der Waals surface area contributed by atoms with E-state index in [1.165, 1.54) is 12.1 Å². The average Bonchev–Trinajstić information content (AvgIpc) is 2.78. The maximum Gasteiger partial charge on any atom is 0.416 e. The van der Waals surface area contributed by atoms with Crippen LogP contribution >= 0.6 is 0 Å². The Morgan fingerprint density at radius 3 is 2.06 bits per heavy atom. The van der Waals surface area contributed by atoms with Crippen LogP contribution < -0.4 is 5.73 Å². The van der Waals surface area contributed by atoms with Crippen LogP contribution in [0.25, 0.3) is 0 Å². The second kappa shape index (κ2) is 4.29. The van der Waals surface area contributed by atoms with Gasteiger partial charge in [-0.15, -0.1) is 0 Å². The number of ether oxygens (including phenoxy) is 2. The van der Waals surface area contributed by atoms with E-state index in [-0.39, 0.29) is 6.54 Å². The number of alkyl halides is 3. The van der Waals surface area contributed by atoms with Gasteiger partial charge in [-0.3, -0.25) is 0 Å². The molecule has 3 nitrogen and oxygen atoms in total. The van der Waals surface area contributed by atoms with Gasteiger partial charge in [-0.2, -0.15) is 13.2 Å². The van der Waals surface area contributed by atoms with Crippen LogP contribution in [0.4, 0.5) is 13.2 Å². The van der Waals surface area contributed by atoms with Crippen molar-refractivity contribution in [3.8, 4) is 0 Å². The summed E-state index contributed by atoms with van der Waals surface area (Å²) >= 11 is 0. The lowest BCUT2D eigenvalue weighted by Gasteiger charge is -2.26. The van der Waals surface area contributed by atoms with Crippen LogP contribution in [-0.2, 0) is 21.4 Å². The first-order chi connectivity index (χ1) is 7.98. The van der Waals surface area contributed by atoms with Gasteiger partial charge in [0.2, 0.25) is 5.79 Å². The highest BCUT2D eigenvalue weighted by Crippen LogP contribution is 2.34. The van der Waals surface area contributed by atoms with Gasteiger partial charge in [0, 0.05) is 5.56 Å². The summed E-state index contributed by atoms with van der Waals surface area (Å²) in [5, 5.41) is 0. The molecule has 94 valence electrons. The van der Waals surface area contributed by atoms with Crippen molar-refractivity contribution in [3.63, 3.8) is 0 Å². The molecule has 1 aliphatic heterocycles. The van der Waals surface area contributed by atoms with Crippen molar-refractivity contribution in [2.75, 3.05) is 19.8 Å². The molecule has 1 aliphatic rings. The van der Waals surface area contributed by atoms with Crippen LogP contribution in [0.1, 0.15) is 11.1 Å². The van der Waals surface area contributed by atoms with E-state index in [1.54, 1.807) is 0 Å². The van der Waals surface area contributed by atoms with E-state index in [4.69, 9.17) is 15.2 Å². The third-order valence-electron chi connectivity index (χ3n) is 2.67. The molecule has 1 aromatic rings. The summed E-state index contributed by atoms with van der Waals surface area (Å²) in [5.74, 6) is -1.09. The molecule has 2 N–H and O–H groups in total. The molecular formula is C11H12F3NO2. The number of hydrogen-bond acceptors (Lipinski definition) is 3. The second-order valence-electron chi connectivity index (χ2n) is 3.73. The first-order valence-electron chi connectivity index (χ1n) is 5.14. The molecule has 1 saturated heterocycles. The molecule has 0 atom stereocenters. The van der Waals surface area contributed by atoms with E-state index in [1.807, 2.05) is 0 Å². The highest BCUT2D eigenvalue weighted by Gasteiger charge is 2.38. The molecule has 6 heteroatoms. The molecule has 17 heavy (non-hydrogen) atoms. The van der Waals surface area contributed by atoms with Crippen LogP contribution in [-0.4, -0.2) is 19.8 Å². The van der Waals surface area contributed by atoms with Crippen LogP contribution in [0, 0.1) is 0 Å². The summed E-state index contributed by atoms with van der Waals surface area (Å²) in [6.45, 7) is 0.842. The van der Waals surface area contributed by atoms with Crippen molar-refractivity contribution in [3.05, 3.63) is 35.4 Å². The number of hydrogen-bond donors (Lipinski definition) is 1. The Bertz CT molecular complexity index is 383. The first-order valence-corrected chi connectivity index (χ1v) is 5.14. The minimum absolute atomic E-state index is 0.0678. The minimum atomic E-state index is -4.34. The van der Waals surface area contributed by atoms with Crippen molar-refractivity contribution < 1.29 is 22.6 Å². The monoisotopic (exact) mass is 247 g/mol. The van der Waals surface area contributed by atoms with Gasteiger partial charge in [0.25, 0.3) is 0 Å². The fourth-order valence-corrected chi connectivity index (χ4v) is 1.77. The zero-order valence-electron chi connectivity index (χ0n) is 8.96. The maximum atomic E-state index is 12.4. The van der Waals surface area contributed by atoms with Gasteiger partial charge in [-0.25, -0.2) is 0 Å². The molecular weight excluding hydrogens is 235 g/mol. The topological polar surface area (TPSA) is 44.5 Å². The molecule has 2 rings (SSSR count). The predicted octanol–water partition coefficient (Wildman–Crippen LogP) is 1.86. The second-order valence-corrected chi connectivity index (χ2v) is 3.73.